The van der Waals surface area contributed by atoms with Crippen molar-refractivity contribution in [3.8, 4) is 11.5 Å². The zero-order valence-electron chi connectivity index (χ0n) is 16.9. The van der Waals surface area contributed by atoms with E-state index in [4.69, 9.17) is 13.9 Å². The van der Waals surface area contributed by atoms with Gasteiger partial charge in [0, 0.05) is 5.39 Å². The van der Waals surface area contributed by atoms with Crippen LogP contribution in [0.1, 0.15) is 21.5 Å². The molecule has 0 spiro atoms. The highest BCUT2D eigenvalue weighted by atomic mass is 16.5. The molecule has 31 heavy (non-hydrogen) atoms. The first-order valence-corrected chi connectivity index (χ1v) is 9.74. The number of para-hydroxylation sites is 1. The van der Waals surface area contributed by atoms with E-state index in [1.54, 1.807) is 49.6 Å². The molecule has 1 heterocycles. The monoisotopic (exact) mass is 412 g/mol. The van der Waals surface area contributed by atoms with Gasteiger partial charge in [-0.25, -0.2) is 4.79 Å². The van der Waals surface area contributed by atoms with Gasteiger partial charge in [0.25, 0.3) is 0 Å². The van der Waals surface area contributed by atoms with Gasteiger partial charge in [-0.2, -0.15) is 0 Å². The Labute approximate surface area is 179 Å². The molecule has 0 aliphatic carbocycles. The molecule has 0 atom stereocenters. The largest absolute Gasteiger partial charge is 0.493 e. The SMILES string of the molecule is COc1cc(/C=C/C(=O)c2cc3ccccc3oc2=O)ccc1OCc1ccccc1. The van der Waals surface area contributed by atoms with Crippen molar-refractivity contribution in [1.82, 2.24) is 0 Å². The number of rotatable bonds is 7. The maximum atomic E-state index is 12.6. The Morgan fingerprint density at radius 2 is 1.71 bits per heavy atom. The summed E-state index contributed by atoms with van der Waals surface area (Å²) in [6.45, 7) is 0.419. The van der Waals surface area contributed by atoms with Crippen LogP contribution < -0.4 is 15.1 Å². The van der Waals surface area contributed by atoms with Gasteiger partial charge >= 0.3 is 5.63 Å². The van der Waals surface area contributed by atoms with Crippen LogP contribution >= 0.6 is 0 Å². The van der Waals surface area contributed by atoms with Crippen LogP contribution in [0.4, 0.5) is 0 Å². The number of fused-ring (bicyclic) bond motifs is 1. The molecule has 0 amide bonds. The molecule has 1 aromatic heterocycles. The van der Waals surface area contributed by atoms with E-state index in [-0.39, 0.29) is 5.56 Å². The van der Waals surface area contributed by atoms with Crippen molar-refractivity contribution in [2.75, 3.05) is 7.11 Å². The first-order valence-electron chi connectivity index (χ1n) is 9.74. The summed E-state index contributed by atoms with van der Waals surface area (Å²) in [5, 5.41) is 0.695. The highest BCUT2D eigenvalue weighted by molar-refractivity contribution is 6.07. The van der Waals surface area contributed by atoms with Gasteiger partial charge in [0.05, 0.1) is 7.11 Å². The van der Waals surface area contributed by atoms with Crippen LogP contribution in [0.2, 0.25) is 0 Å². The van der Waals surface area contributed by atoms with Gasteiger partial charge in [-0.1, -0.05) is 60.7 Å². The van der Waals surface area contributed by atoms with E-state index in [0.29, 0.717) is 29.1 Å². The van der Waals surface area contributed by atoms with Gasteiger partial charge in [0.1, 0.15) is 17.8 Å². The van der Waals surface area contributed by atoms with E-state index < -0.39 is 11.4 Å². The molecule has 4 aromatic rings. The number of methoxy groups -OCH3 is 1. The van der Waals surface area contributed by atoms with Crippen molar-refractivity contribution >= 4 is 22.8 Å². The van der Waals surface area contributed by atoms with Gasteiger partial charge < -0.3 is 13.9 Å². The van der Waals surface area contributed by atoms with Gasteiger partial charge in [-0.05, 0) is 41.5 Å². The first-order chi connectivity index (χ1) is 15.1. The molecule has 0 saturated carbocycles. The summed E-state index contributed by atoms with van der Waals surface area (Å²) < 4.78 is 16.5. The smallest absolute Gasteiger partial charge is 0.347 e. The lowest BCUT2D eigenvalue weighted by atomic mass is 10.1. The summed E-state index contributed by atoms with van der Waals surface area (Å²) in [6.07, 6.45) is 2.97. The molecule has 0 fully saturated rings. The van der Waals surface area contributed by atoms with Crippen LogP contribution in [-0.4, -0.2) is 12.9 Å². The summed E-state index contributed by atoms with van der Waals surface area (Å²) >= 11 is 0. The Morgan fingerprint density at radius 3 is 2.52 bits per heavy atom. The molecule has 5 heteroatoms. The fourth-order valence-corrected chi connectivity index (χ4v) is 3.14. The molecule has 4 rings (SSSR count). The third kappa shape index (κ3) is 4.73. The summed E-state index contributed by atoms with van der Waals surface area (Å²) in [7, 11) is 1.56. The third-order valence-corrected chi connectivity index (χ3v) is 4.76. The Morgan fingerprint density at radius 1 is 0.935 bits per heavy atom. The molecule has 5 nitrogen and oxygen atoms in total. The second kappa shape index (κ2) is 9.13. The van der Waals surface area contributed by atoms with E-state index in [2.05, 4.69) is 0 Å². The number of ether oxygens (including phenoxy) is 2. The fourth-order valence-electron chi connectivity index (χ4n) is 3.14. The van der Waals surface area contributed by atoms with Crippen molar-refractivity contribution in [3.05, 3.63) is 112 Å². The van der Waals surface area contributed by atoms with Crippen LogP contribution in [0.3, 0.4) is 0 Å². The molecule has 0 unspecified atom stereocenters. The number of carbonyl (C=O) groups excluding carboxylic acids is 1. The molecule has 154 valence electrons. The minimum absolute atomic E-state index is 0.00951. The maximum Gasteiger partial charge on any atom is 0.347 e. The lowest BCUT2D eigenvalue weighted by Gasteiger charge is -2.11. The molecule has 0 N–H and O–H groups in total. The van der Waals surface area contributed by atoms with Crippen LogP contribution in [0, 0.1) is 0 Å². The van der Waals surface area contributed by atoms with Crippen molar-refractivity contribution in [1.29, 1.82) is 0 Å². The number of ketones is 1. The zero-order valence-corrected chi connectivity index (χ0v) is 16.9. The Kier molecular flexibility index (Phi) is 5.94. The van der Waals surface area contributed by atoms with Crippen LogP contribution in [0.25, 0.3) is 17.0 Å². The maximum absolute atomic E-state index is 12.6. The van der Waals surface area contributed by atoms with Crippen LogP contribution in [0.5, 0.6) is 11.5 Å². The number of hydrogen-bond donors (Lipinski definition) is 0. The van der Waals surface area contributed by atoms with Gasteiger partial charge in [-0.3, -0.25) is 4.79 Å². The fraction of sp³-hybridized carbons (Fsp3) is 0.0769. The van der Waals surface area contributed by atoms with Gasteiger partial charge in [-0.15, -0.1) is 0 Å². The lowest BCUT2D eigenvalue weighted by Crippen LogP contribution is -2.11. The number of hydrogen-bond acceptors (Lipinski definition) is 5. The van der Waals surface area contributed by atoms with Crippen molar-refractivity contribution < 1.29 is 18.7 Å². The highest BCUT2D eigenvalue weighted by Gasteiger charge is 2.11. The summed E-state index contributed by atoms with van der Waals surface area (Å²) in [5.41, 5.74) is 1.57. The number of benzene rings is 3. The van der Waals surface area contributed by atoms with Crippen molar-refractivity contribution in [2.24, 2.45) is 0 Å². The quantitative estimate of drug-likeness (QED) is 0.235. The summed E-state index contributed by atoms with van der Waals surface area (Å²) in [4.78, 5) is 24.7. The minimum atomic E-state index is -0.657. The average molecular weight is 412 g/mol. The Hall–Kier alpha value is -4.12. The Bertz CT molecular complexity index is 1300. The lowest BCUT2D eigenvalue weighted by molar-refractivity contribution is 0.104. The minimum Gasteiger partial charge on any atom is -0.493 e. The predicted octanol–water partition coefficient (Wildman–Crippen LogP) is 5.28. The third-order valence-electron chi connectivity index (χ3n) is 4.76. The molecule has 0 radical (unpaired) electrons. The molecule has 3 aromatic carbocycles. The molecule has 0 bridgehead atoms. The van der Waals surface area contributed by atoms with E-state index in [0.717, 1.165) is 11.1 Å². The predicted molar refractivity (Wildman–Crippen MR) is 120 cm³/mol. The standard InChI is InChI=1S/C26H20O5/c1-29-25-15-18(12-14-24(25)30-17-19-7-3-2-4-8-19)11-13-22(27)21-16-20-9-5-6-10-23(20)31-26(21)28/h2-16H,17H2,1H3/b13-11+. The molecule has 0 aliphatic heterocycles. The summed E-state index contributed by atoms with van der Waals surface area (Å²) in [5.74, 6) is 0.726. The number of allylic oxidation sites excluding steroid dienone is 1. The first kappa shape index (κ1) is 20.2. The van der Waals surface area contributed by atoms with E-state index >= 15 is 0 Å². The Balaban J connectivity index is 1.51. The van der Waals surface area contributed by atoms with Crippen LogP contribution in [0.15, 0.2) is 94.2 Å². The van der Waals surface area contributed by atoms with Crippen LogP contribution in [-0.2, 0) is 6.61 Å². The second-order valence-corrected chi connectivity index (χ2v) is 6.87. The van der Waals surface area contributed by atoms with Crippen molar-refractivity contribution in [2.45, 2.75) is 6.61 Å². The van der Waals surface area contributed by atoms with E-state index in [1.807, 2.05) is 42.5 Å². The zero-order chi connectivity index (χ0) is 21.6. The topological polar surface area (TPSA) is 65.7 Å². The van der Waals surface area contributed by atoms with Gasteiger partial charge in [0.15, 0.2) is 17.3 Å². The molecular weight excluding hydrogens is 392 g/mol. The normalized spacial score (nSPS) is 11.0. The molecular formula is C26H20O5. The van der Waals surface area contributed by atoms with Gasteiger partial charge in [0.2, 0.25) is 0 Å². The molecule has 0 aliphatic rings. The highest BCUT2D eigenvalue weighted by Crippen LogP contribution is 2.29. The average Bonchev–Trinajstić information content (AvgIpc) is 2.81. The summed E-state index contributed by atoms with van der Waals surface area (Å²) in [6, 6.07) is 23.8. The van der Waals surface area contributed by atoms with E-state index in [1.165, 1.54) is 6.08 Å². The van der Waals surface area contributed by atoms with Crippen molar-refractivity contribution in [3.63, 3.8) is 0 Å². The second-order valence-electron chi connectivity index (χ2n) is 6.87. The number of carbonyl (C=O) groups is 1. The van der Waals surface area contributed by atoms with E-state index in [9.17, 15) is 9.59 Å². The molecule has 0 saturated heterocycles.